The summed E-state index contributed by atoms with van der Waals surface area (Å²) in [6.45, 7) is 4.55. The lowest BCUT2D eigenvalue weighted by molar-refractivity contribution is -0.0184. The minimum atomic E-state index is -2.66. The summed E-state index contributed by atoms with van der Waals surface area (Å²) in [7, 11) is 0. The van der Waals surface area contributed by atoms with Crippen LogP contribution in [0.25, 0.3) is 10.2 Å². The van der Waals surface area contributed by atoms with E-state index in [1.807, 2.05) is 36.9 Å². The van der Waals surface area contributed by atoms with E-state index in [9.17, 15) is 13.6 Å². The zero-order chi connectivity index (χ0) is 24.5. The van der Waals surface area contributed by atoms with E-state index in [-0.39, 0.29) is 24.5 Å². The lowest BCUT2D eigenvalue weighted by Gasteiger charge is -2.27. The fourth-order valence-corrected chi connectivity index (χ4v) is 6.93. The van der Waals surface area contributed by atoms with Crippen LogP contribution in [0.15, 0.2) is 18.2 Å². The van der Waals surface area contributed by atoms with Crippen molar-refractivity contribution in [3.63, 3.8) is 0 Å². The normalized spacial score (nSPS) is 25.0. The van der Waals surface area contributed by atoms with Crippen LogP contribution in [0, 0.1) is 19.8 Å². The summed E-state index contributed by atoms with van der Waals surface area (Å²) in [5, 5.41) is 6.96. The number of carbonyl (C=O) groups is 1. The summed E-state index contributed by atoms with van der Waals surface area (Å²) in [5.41, 5.74) is 10.8. The molecular weight excluding hydrogens is 470 g/mol. The van der Waals surface area contributed by atoms with E-state index in [2.05, 4.69) is 15.6 Å². The average molecular weight is 499 g/mol. The fourth-order valence-electron chi connectivity index (χ4n) is 5.81. The summed E-state index contributed by atoms with van der Waals surface area (Å²) in [4.78, 5) is 25.7. The zero-order valence-corrected chi connectivity index (χ0v) is 20.5. The van der Waals surface area contributed by atoms with Crippen molar-refractivity contribution in [2.75, 3.05) is 30.3 Å². The Bertz CT molecular complexity index is 1340. The van der Waals surface area contributed by atoms with Crippen LogP contribution in [0.4, 0.5) is 20.3 Å². The second kappa shape index (κ2) is 8.09. The van der Waals surface area contributed by atoms with Crippen molar-refractivity contribution >= 4 is 39.0 Å². The lowest BCUT2D eigenvalue weighted by Crippen LogP contribution is -2.39. The third-order valence-corrected chi connectivity index (χ3v) is 8.70. The molecule has 3 aliphatic rings. The molecule has 5 heterocycles. The molecule has 3 atom stereocenters. The van der Waals surface area contributed by atoms with Crippen molar-refractivity contribution < 1.29 is 13.6 Å². The van der Waals surface area contributed by atoms with E-state index >= 15 is 0 Å². The van der Waals surface area contributed by atoms with Gasteiger partial charge in [-0.3, -0.25) is 4.79 Å². The van der Waals surface area contributed by atoms with Gasteiger partial charge >= 0.3 is 0 Å². The largest absolute Gasteiger partial charge is 0.397 e. The molecule has 184 valence electrons. The molecule has 0 radical (unpaired) electrons. The van der Waals surface area contributed by atoms with Gasteiger partial charge in [0.2, 0.25) is 0 Å². The smallest absolute Gasteiger partial charge is 0.266 e. The van der Waals surface area contributed by atoms with E-state index in [1.54, 1.807) is 0 Å². The van der Waals surface area contributed by atoms with Crippen LogP contribution < -0.4 is 21.3 Å². The second-order valence-corrected chi connectivity index (χ2v) is 11.1. The van der Waals surface area contributed by atoms with Gasteiger partial charge in [0, 0.05) is 41.9 Å². The molecule has 1 aliphatic carbocycles. The number of halogens is 2. The molecule has 0 saturated carbocycles. The van der Waals surface area contributed by atoms with Crippen LogP contribution in [0.3, 0.4) is 0 Å². The highest BCUT2D eigenvalue weighted by molar-refractivity contribution is 7.21. The molecule has 10 heteroatoms. The Morgan fingerprint density at radius 2 is 2.11 bits per heavy atom. The van der Waals surface area contributed by atoms with Gasteiger partial charge in [-0.15, -0.1) is 11.3 Å². The summed E-state index contributed by atoms with van der Waals surface area (Å²) in [6, 6.07) is 5.72. The number of hydrogen-bond donors (Lipinski definition) is 3. The van der Waals surface area contributed by atoms with Gasteiger partial charge in [0.15, 0.2) is 0 Å². The number of pyridine rings is 2. The van der Waals surface area contributed by atoms with Crippen LogP contribution >= 0.6 is 11.3 Å². The van der Waals surface area contributed by atoms with Gasteiger partial charge in [-0.25, -0.2) is 18.7 Å². The van der Waals surface area contributed by atoms with E-state index in [1.165, 1.54) is 11.3 Å². The van der Waals surface area contributed by atoms with Crippen molar-refractivity contribution in [3.05, 3.63) is 45.6 Å². The number of nitrogens with two attached hydrogens (primary N) is 1. The Morgan fingerprint density at radius 1 is 1.29 bits per heavy atom. The average Bonchev–Trinajstić information content (AvgIpc) is 3.46. The van der Waals surface area contributed by atoms with Gasteiger partial charge in [-0.2, -0.15) is 0 Å². The number of carbonyl (C=O) groups excluding carboxylic acids is 1. The number of alkyl halides is 2. The molecule has 7 nitrogen and oxygen atoms in total. The summed E-state index contributed by atoms with van der Waals surface area (Å²) < 4.78 is 28.2. The molecule has 3 aromatic rings. The molecule has 3 unspecified atom stereocenters. The molecule has 35 heavy (non-hydrogen) atoms. The predicted octanol–water partition coefficient (Wildman–Crippen LogP) is 3.22. The third-order valence-electron chi connectivity index (χ3n) is 7.60. The quantitative estimate of drug-likeness (QED) is 0.513. The standard InChI is InChI=1S/C25H28F2N6OS/c1-12-7-13(2)30-24-20(12)21(28)22(35-24)23(34)31-15-4-5-17-14(8-15)3-6-19(32-17)33-9-16-18(10-33)29-11-25(16,26)27/h3,6-7,15-16,18,29H,4-5,8-11,28H2,1-2H3,(H,31,34). The van der Waals surface area contributed by atoms with Gasteiger partial charge in [0.25, 0.3) is 11.8 Å². The van der Waals surface area contributed by atoms with Gasteiger partial charge in [-0.1, -0.05) is 6.07 Å². The van der Waals surface area contributed by atoms with Crippen molar-refractivity contribution in [3.8, 4) is 0 Å². The van der Waals surface area contributed by atoms with Crippen molar-refractivity contribution in [2.24, 2.45) is 5.92 Å². The number of fused-ring (bicyclic) bond motifs is 3. The minimum absolute atomic E-state index is 0.0166. The molecule has 0 spiro atoms. The summed E-state index contributed by atoms with van der Waals surface area (Å²) in [5.74, 6) is -2.74. The van der Waals surface area contributed by atoms with Crippen molar-refractivity contribution in [1.82, 2.24) is 20.6 Å². The first-order chi connectivity index (χ1) is 16.7. The maximum absolute atomic E-state index is 14.1. The molecule has 0 bridgehead atoms. The van der Waals surface area contributed by atoms with Crippen LogP contribution in [-0.4, -0.2) is 53.5 Å². The topological polar surface area (TPSA) is 96.2 Å². The molecule has 2 saturated heterocycles. The lowest BCUT2D eigenvalue weighted by atomic mass is 9.91. The van der Waals surface area contributed by atoms with Crippen molar-refractivity contribution in [2.45, 2.75) is 51.1 Å². The third kappa shape index (κ3) is 3.83. The van der Waals surface area contributed by atoms with Crippen molar-refractivity contribution in [1.29, 1.82) is 0 Å². The van der Waals surface area contributed by atoms with Gasteiger partial charge < -0.3 is 21.3 Å². The number of nitrogen functional groups attached to an aromatic ring is 1. The first-order valence-corrected chi connectivity index (χ1v) is 12.8. The molecule has 1 amide bonds. The predicted molar refractivity (Wildman–Crippen MR) is 133 cm³/mol. The number of thiophene rings is 1. The number of nitrogens with zero attached hydrogens (tertiary/aromatic N) is 3. The monoisotopic (exact) mass is 498 g/mol. The summed E-state index contributed by atoms with van der Waals surface area (Å²) >= 11 is 1.33. The molecule has 2 aliphatic heterocycles. The fraction of sp³-hybridized carbons (Fsp3) is 0.480. The number of nitrogens with one attached hydrogen (secondary N) is 2. The Morgan fingerprint density at radius 3 is 2.91 bits per heavy atom. The Labute approximate surface area is 206 Å². The Kier molecular flexibility index (Phi) is 5.23. The van der Waals surface area contributed by atoms with Gasteiger partial charge in [0.05, 0.1) is 18.2 Å². The van der Waals surface area contributed by atoms with E-state index in [0.29, 0.717) is 30.1 Å². The Balaban J connectivity index is 1.15. The minimum Gasteiger partial charge on any atom is -0.397 e. The highest BCUT2D eigenvalue weighted by Gasteiger charge is 2.54. The number of aryl methyl sites for hydroxylation is 3. The number of hydrogen-bond acceptors (Lipinski definition) is 7. The molecule has 0 aromatic carbocycles. The molecule has 4 N–H and O–H groups in total. The maximum atomic E-state index is 14.1. The highest BCUT2D eigenvalue weighted by Crippen LogP contribution is 2.39. The number of anilines is 2. The second-order valence-electron chi connectivity index (χ2n) is 10.1. The Hall–Kier alpha value is -2.85. The van der Waals surface area contributed by atoms with Crippen LogP contribution in [0.1, 0.15) is 38.6 Å². The van der Waals surface area contributed by atoms with Crippen LogP contribution in [0.2, 0.25) is 0 Å². The van der Waals surface area contributed by atoms with E-state index < -0.39 is 11.8 Å². The summed E-state index contributed by atoms with van der Waals surface area (Å²) in [6.07, 6.45) is 2.17. The molecule has 3 aromatic heterocycles. The number of aromatic nitrogens is 2. The number of rotatable bonds is 3. The molecule has 6 rings (SSSR count). The van der Waals surface area contributed by atoms with Crippen LogP contribution in [0.5, 0.6) is 0 Å². The SMILES string of the molecule is Cc1cc(C)c2c(N)c(C(=O)NC3CCc4nc(N5CC6NCC(F)(F)C6C5)ccc4C3)sc2n1. The number of amides is 1. The maximum Gasteiger partial charge on any atom is 0.266 e. The van der Waals surface area contributed by atoms with E-state index in [4.69, 9.17) is 10.7 Å². The van der Waals surface area contributed by atoms with E-state index in [0.717, 1.165) is 51.4 Å². The van der Waals surface area contributed by atoms with Crippen LogP contribution in [-0.2, 0) is 12.8 Å². The molecule has 2 fully saturated rings. The zero-order valence-electron chi connectivity index (χ0n) is 19.7. The first kappa shape index (κ1) is 22.6. The van der Waals surface area contributed by atoms with Gasteiger partial charge in [-0.05, 0) is 56.4 Å². The molecular formula is C25H28F2N6OS. The van der Waals surface area contributed by atoms with Gasteiger partial charge in [0.1, 0.15) is 15.5 Å². The highest BCUT2D eigenvalue weighted by atomic mass is 32.1. The first-order valence-electron chi connectivity index (χ1n) is 12.0.